The normalized spacial score (nSPS) is 11.0. The Hall–Kier alpha value is -3.94. The van der Waals surface area contributed by atoms with Gasteiger partial charge in [-0.25, -0.2) is 0 Å². The lowest BCUT2D eigenvalue weighted by Gasteiger charge is -2.07. The summed E-state index contributed by atoms with van der Waals surface area (Å²) >= 11 is 0. The number of carbonyl (C=O) groups is 2. The third-order valence-electron chi connectivity index (χ3n) is 6.53. The van der Waals surface area contributed by atoms with E-state index in [1.807, 2.05) is 14.1 Å². The Kier molecular flexibility index (Phi) is 20.6. The minimum Gasteiger partial charge on any atom is -0.476 e. The van der Waals surface area contributed by atoms with E-state index < -0.39 is 11.9 Å². The standard InChI is InChI=1S/C17H26N2.C15H20O2.C2H4O4/c1-5-16(18-3)17(19-4)9-7-6-8-15-12-10-14(2)11-13-15;1-3-14(16)15(17)7-5-4-6-13-10-8-12(2)9-11-13;3-1(4)2(5)6/h10-13H,5-9H2,1-4H3;8-11H,3-7H2,1-2H3;3-6H. The molecule has 0 spiro atoms. The molecule has 0 atom stereocenters. The zero-order valence-corrected chi connectivity index (χ0v) is 26.2. The van der Waals surface area contributed by atoms with E-state index in [9.17, 15) is 9.59 Å². The molecule has 2 aromatic carbocycles. The molecule has 0 aliphatic carbocycles. The summed E-state index contributed by atoms with van der Waals surface area (Å²) in [7, 11) is 3.73. The number of ketones is 2. The summed E-state index contributed by atoms with van der Waals surface area (Å²) in [6, 6.07) is 17.3. The van der Waals surface area contributed by atoms with Crippen LogP contribution in [0.25, 0.3) is 0 Å². The van der Waals surface area contributed by atoms with Crippen LogP contribution < -0.4 is 0 Å². The number of aryl methyl sites for hydroxylation is 4. The van der Waals surface area contributed by atoms with Crippen molar-refractivity contribution in [3.8, 4) is 0 Å². The van der Waals surface area contributed by atoms with Crippen molar-refractivity contribution in [2.45, 2.75) is 91.9 Å². The summed E-state index contributed by atoms with van der Waals surface area (Å²) in [5, 5.41) is 30.3. The predicted molar refractivity (Wildman–Crippen MR) is 172 cm³/mol. The first-order chi connectivity index (χ1) is 20.0. The quantitative estimate of drug-likeness (QED) is 0.0773. The molecule has 42 heavy (non-hydrogen) atoms. The van der Waals surface area contributed by atoms with Gasteiger partial charge >= 0.3 is 11.9 Å². The van der Waals surface area contributed by atoms with Gasteiger partial charge in [-0.05, 0) is 76.3 Å². The minimum atomic E-state index is -1.46. The highest BCUT2D eigenvalue weighted by atomic mass is 16.5. The molecule has 232 valence electrons. The van der Waals surface area contributed by atoms with Crippen LogP contribution in [0.1, 0.15) is 87.5 Å². The molecule has 0 saturated carbocycles. The van der Waals surface area contributed by atoms with E-state index in [1.54, 1.807) is 6.92 Å². The van der Waals surface area contributed by atoms with Gasteiger partial charge in [0.15, 0.2) is 11.6 Å². The van der Waals surface area contributed by atoms with Crippen molar-refractivity contribution in [3.63, 3.8) is 0 Å². The molecule has 2 aromatic rings. The molecule has 0 unspecified atom stereocenters. The zero-order valence-electron chi connectivity index (χ0n) is 26.2. The first kappa shape index (κ1) is 38.1. The Balaban J connectivity index is 0.000000674. The van der Waals surface area contributed by atoms with Gasteiger partial charge < -0.3 is 20.4 Å². The van der Waals surface area contributed by atoms with Crippen LogP contribution in [-0.4, -0.2) is 57.5 Å². The topological polar surface area (TPSA) is 140 Å². The average molecular weight is 583 g/mol. The molecule has 0 bridgehead atoms. The van der Waals surface area contributed by atoms with E-state index in [0.29, 0.717) is 12.8 Å². The molecule has 0 fully saturated rings. The summed E-state index contributed by atoms with van der Waals surface area (Å²) in [5.74, 6) is -3.37. The van der Waals surface area contributed by atoms with Gasteiger partial charge in [0.1, 0.15) is 0 Å². The maximum Gasteiger partial charge on any atom is 0.358 e. The van der Waals surface area contributed by atoms with Crippen molar-refractivity contribution < 1.29 is 30.0 Å². The molecule has 0 aliphatic rings. The third kappa shape index (κ3) is 17.7. The summed E-state index contributed by atoms with van der Waals surface area (Å²) in [5.41, 5.74) is 7.64. The number of aliphatic hydroxyl groups is 4. The largest absolute Gasteiger partial charge is 0.476 e. The van der Waals surface area contributed by atoms with Crippen LogP contribution in [0.4, 0.5) is 0 Å². The second kappa shape index (κ2) is 22.7. The van der Waals surface area contributed by atoms with Crippen molar-refractivity contribution in [1.82, 2.24) is 0 Å². The van der Waals surface area contributed by atoms with Gasteiger partial charge in [-0.2, -0.15) is 0 Å². The summed E-state index contributed by atoms with van der Waals surface area (Å²) in [4.78, 5) is 31.0. The van der Waals surface area contributed by atoms with Gasteiger partial charge in [0, 0.05) is 26.9 Å². The monoisotopic (exact) mass is 582 g/mol. The molecule has 4 N–H and O–H groups in total. The van der Waals surface area contributed by atoms with Crippen LogP contribution in [0.5, 0.6) is 0 Å². The number of Topliss-reactive ketones (excluding diaryl/α,β-unsaturated/α-hetero) is 2. The third-order valence-corrected chi connectivity index (χ3v) is 6.53. The molecule has 0 heterocycles. The van der Waals surface area contributed by atoms with Crippen molar-refractivity contribution in [2.24, 2.45) is 9.98 Å². The number of aliphatic hydroxyl groups excluding tert-OH is 2. The number of rotatable bonds is 14. The molecule has 8 heteroatoms. The highest BCUT2D eigenvalue weighted by molar-refractivity contribution is 6.42. The maximum absolute atomic E-state index is 11.3. The lowest BCUT2D eigenvalue weighted by molar-refractivity contribution is -0.136. The second-order valence-corrected chi connectivity index (χ2v) is 9.93. The maximum atomic E-state index is 11.3. The number of unbranched alkanes of at least 4 members (excludes halogenated alkanes) is 2. The van der Waals surface area contributed by atoms with Crippen LogP contribution in [0, 0.1) is 13.8 Å². The predicted octanol–water partition coefficient (Wildman–Crippen LogP) is 7.86. The van der Waals surface area contributed by atoms with Gasteiger partial charge in [-0.3, -0.25) is 19.6 Å². The molecule has 0 amide bonds. The number of nitrogens with zero attached hydrogens (tertiary/aromatic N) is 2. The Labute approximate surface area is 251 Å². The summed E-state index contributed by atoms with van der Waals surface area (Å²) in [6.07, 6.45) is 9.04. The molecule has 0 aromatic heterocycles. The van der Waals surface area contributed by atoms with E-state index in [1.165, 1.54) is 40.8 Å². The van der Waals surface area contributed by atoms with Crippen LogP contribution >= 0.6 is 0 Å². The number of hydrogen-bond acceptors (Lipinski definition) is 8. The van der Waals surface area contributed by atoms with E-state index in [4.69, 9.17) is 20.4 Å². The fraction of sp³-hybridized carbons (Fsp3) is 0.471. The summed E-state index contributed by atoms with van der Waals surface area (Å²) < 4.78 is 0. The van der Waals surface area contributed by atoms with E-state index in [2.05, 4.69) is 79.3 Å². The average Bonchev–Trinajstić information content (AvgIpc) is 2.98. The number of benzene rings is 2. The Morgan fingerprint density at radius 3 is 1.31 bits per heavy atom. The van der Waals surface area contributed by atoms with E-state index in [-0.39, 0.29) is 11.6 Å². The van der Waals surface area contributed by atoms with Crippen molar-refractivity contribution in [1.29, 1.82) is 0 Å². The van der Waals surface area contributed by atoms with Crippen LogP contribution in [0.3, 0.4) is 0 Å². The zero-order chi connectivity index (χ0) is 31.9. The smallest absolute Gasteiger partial charge is 0.358 e. The Bertz CT molecular complexity index is 1130. The first-order valence-corrected chi connectivity index (χ1v) is 14.6. The lowest BCUT2D eigenvalue weighted by Crippen LogP contribution is -2.13. The van der Waals surface area contributed by atoms with Gasteiger partial charge in [0.2, 0.25) is 0 Å². The van der Waals surface area contributed by atoms with E-state index >= 15 is 0 Å². The molecule has 8 nitrogen and oxygen atoms in total. The van der Waals surface area contributed by atoms with Gasteiger partial charge in [0.05, 0.1) is 11.4 Å². The van der Waals surface area contributed by atoms with Crippen molar-refractivity contribution in [2.75, 3.05) is 14.1 Å². The fourth-order valence-corrected chi connectivity index (χ4v) is 3.96. The van der Waals surface area contributed by atoms with Crippen LogP contribution in [0.2, 0.25) is 0 Å². The summed E-state index contributed by atoms with van der Waals surface area (Å²) in [6.45, 7) is 8.06. The number of carbonyl (C=O) groups excluding carboxylic acids is 2. The molecular formula is C34H50N2O6. The first-order valence-electron chi connectivity index (χ1n) is 14.6. The molecule has 0 saturated heterocycles. The SMILES string of the molecule is CCC(=NC)C(CCCCc1ccc(C)cc1)=NC.CCC(=O)C(=O)CCCCc1ccc(C)cc1.OC(O)=C(O)O. The van der Waals surface area contributed by atoms with Crippen LogP contribution in [-0.2, 0) is 22.4 Å². The van der Waals surface area contributed by atoms with Gasteiger partial charge in [0.25, 0.3) is 0 Å². The fourth-order valence-electron chi connectivity index (χ4n) is 3.96. The number of aliphatic imine (C=N–C) groups is 2. The molecular weight excluding hydrogens is 532 g/mol. The van der Waals surface area contributed by atoms with Crippen LogP contribution in [0.15, 0.2) is 70.4 Å². The molecule has 0 radical (unpaired) electrons. The highest BCUT2D eigenvalue weighted by Gasteiger charge is 2.10. The Morgan fingerprint density at radius 2 is 0.976 bits per heavy atom. The van der Waals surface area contributed by atoms with E-state index in [0.717, 1.165) is 44.2 Å². The second-order valence-electron chi connectivity index (χ2n) is 9.93. The molecule has 0 aliphatic heterocycles. The van der Waals surface area contributed by atoms with Gasteiger partial charge in [-0.1, -0.05) is 73.5 Å². The van der Waals surface area contributed by atoms with Crippen molar-refractivity contribution in [3.05, 3.63) is 82.7 Å². The van der Waals surface area contributed by atoms with Crippen molar-refractivity contribution >= 4 is 23.0 Å². The Morgan fingerprint density at radius 1 is 0.571 bits per heavy atom. The molecule has 2 rings (SSSR count). The number of hydrogen-bond donors (Lipinski definition) is 4. The highest BCUT2D eigenvalue weighted by Crippen LogP contribution is 2.10. The lowest BCUT2D eigenvalue weighted by atomic mass is 10.0. The van der Waals surface area contributed by atoms with Gasteiger partial charge in [-0.15, -0.1) is 0 Å². The minimum absolute atomic E-state index is 0.212.